The molecule has 5 rings (SSSR count). The number of imidazole rings is 1. The zero-order valence-electron chi connectivity index (χ0n) is 19.6. The van der Waals surface area contributed by atoms with Gasteiger partial charge in [0.25, 0.3) is 0 Å². The highest BCUT2D eigenvalue weighted by Gasteiger charge is 2.14. The molecule has 0 fully saturated rings. The number of hydrogen-bond acceptors (Lipinski definition) is 4. The lowest BCUT2D eigenvalue weighted by Gasteiger charge is -2.10. The van der Waals surface area contributed by atoms with Crippen LogP contribution < -0.4 is 0 Å². The number of carbonyl (C=O) groups excluding carboxylic acids is 1. The Balaban J connectivity index is 1.32. The van der Waals surface area contributed by atoms with Gasteiger partial charge < -0.3 is 9.40 Å². The van der Waals surface area contributed by atoms with Crippen LogP contribution in [-0.2, 0) is 11.4 Å². The molecule has 182 valence electrons. The summed E-state index contributed by atoms with van der Waals surface area (Å²) in [4.78, 5) is 22.1. The Hall–Kier alpha value is -4.19. The van der Waals surface area contributed by atoms with Crippen LogP contribution in [0.1, 0.15) is 15.9 Å². The van der Waals surface area contributed by atoms with Gasteiger partial charge in [-0.2, -0.15) is 0 Å². The minimum absolute atomic E-state index is 0.312. The third-order valence-electron chi connectivity index (χ3n) is 5.82. The molecule has 0 saturated carbocycles. The number of nitrogens with zero attached hydrogens (tertiary/aromatic N) is 3. The number of benzene rings is 4. The van der Waals surface area contributed by atoms with Crippen LogP contribution in [0.4, 0.5) is 0 Å². The lowest BCUT2D eigenvalue weighted by atomic mass is 10.00. The van der Waals surface area contributed by atoms with E-state index in [1.54, 1.807) is 53.6 Å². The van der Waals surface area contributed by atoms with Crippen molar-refractivity contribution >= 4 is 34.9 Å². The first-order chi connectivity index (χ1) is 18.1. The van der Waals surface area contributed by atoms with Crippen LogP contribution in [0.25, 0.3) is 22.3 Å². The van der Waals surface area contributed by atoms with Gasteiger partial charge in [0.2, 0.25) is 0 Å². The molecule has 4 aromatic carbocycles. The van der Waals surface area contributed by atoms with Crippen LogP contribution in [0.2, 0.25) is 10.0 Å². The topological polar surface area (TPSA) is 56.5 Å². The number of oxime groups is 1. The molecule has 0 spiro atoms. The van der Waals surface area contributed by atoms with E-state index in [4.69, 9.17) is 28.0 Å². The second kappa shape index (κ2) is 11.2. The van der Waals surface area contributed by atoms with E-state index in [0.29, 0.717) is 33.4 Å². The standard InChI is InChI=1S/C30H21Cl2N3O2/c31-26-14-15-27(28(32)18-26)29(19-35-17-16-33-20-35)34-37-30(36)25-12-10-24(11-13-25)23-8-6-22(7-9-23)21-4-2-1-3-5-21/h1-18,20H,19H2/b34-29+. The monoisotopic (exact) mass is 525 g/mol. The van der Waals surface area contributed by atoms with Gasteiger partial charge in [-0.3, -0.25) is 0 Å². The lowest BCUT2D eigenvalue weighted by molar-refractivity contribution is 0.0515. The zero-order valence-corrected chi connectivity index (χ0v) is 21.1. The number of carbonyl (C=O) groups is 1. The van der Waals surface area contributed by atoms with Gasteiger partial charge in [0.15, 0.2) is 0 Å². The van der Waals surface area contributed by atoms with Crippen molar-refractivity contribution in [3.8, 4) is 22.3 Å². The average molecular weight is 526 g/mol. The number of rotatable bonds is 7. The fraction of sp³-hybridized carbons (Fsp3) is 0.0333. The highest BCUT2D eigenvalue weighted by Crippen LogP contribution is 2.26. The lowest BCUT2D eigenvalue weighted by Crippen LogP contribution is -2.13. The molecular formula is C30H21Cl2N3O2. The summed E-state index contributed by atoms with van der Waals surface area (Å²) in [5.74, 6) is -0.570. The summed E-state index contributed by atoms with van der Waals surface area (Å²) in [6.45, 7) is 0.312. The Labute approximate surface area is 224 Å². The Kier molecular flexibility index (Phi) is 7.45. The van der Waals surface area contributed by atoms with Gasteiger partial charge in [-0.15, -0.1) is 0 Å². The molecule has 0 amide bonds. The maximum Gasteiger partial charge on any atom is 0.365 e. The van der Waals surface area contributed by atoms with Crippen LogP contribution in [0.15, 0.2) is 121 Å². The summed E-state index contributed by atoms with van der Waals surface area (Å²) in [5, 5.41) is 5.06. The molecule has 0 N–H and O–H groups in total. The van der Waals surface area contributed by atoms with Crippen LogP contribution in [0.5, 0.6) is 0 Å². The number of halogens is 2. The van der Waals surface area contributed by atoms with Crippen molar-refractivity contribution in [3.05, 3.63) is 137 Å². The molecular weight excluding hydrogens is 505 g/mol. The largest absolute Gasteiger partial charge is 0.365 e. The van der Waals surface area contributed by atoms with Crippen molar-refractivity contribution in [2.24, 2.45) is 5.16 Å². The third kappa shape index (κ3) is 5.97. The molecule has 0 atom stereocenters. The maximum atomic E-state index is 12.8. The molecule has 0 aliphatic carbocycles. The molecule has 5 aromatic rings. The van der Waals surface area contributed by atoms with E-state index in [2.05, 4.69) is 46.5 Å². The normalized spacial score (nSPS) is 11.4. The molecule has 7 heteroatoms. The fourth-order valence-corrected chi connectivity index (χ4v) is 4.39. The molecule has 1 aromatic heterocycles. The smallest absolute Gasteiger partial charge is 0.331 e. The van der Waals surface area contributed by atoms with Gasteiger partial charge in [0.1, 0.15) is 5.71 Å². The van der Waals surface area contributed by atoms with E-state index in [1.807, 2.05) is 30.3 Å². The van der Waals surface area contributed by atoms with Crippen LogP contribution >= 0.6 is 23.2 Å². The maximum absolute atomic E-state index is 12.8. The van der Waals surface area contributed by atoms with Gasteiger partial charge in [-0.1, -0.05) is 95.1 Å². The van der Waals surface area contributed by atoms with E-state index < -0.39 is 5.97 Å². The quantitative estimate of drug-likeness (QED) is 0.124. The summed E-state index contributed by atoms with van der Waals surface area (Å²) in [5.41, 5.74) is 5.82. The molecule has 0 aliphatic rings. The van der Waals surface area contributed by atoms with E-state index >= 15 is 0 Å². The van der Waals surface area contributed by atoms with Crippen LogP contribution in [-0.4, -0.2) is 21.2 Å². The van der Waals surface area contributed by atoms with Gasteiger partial charge in [-0.05, 0) is 52.6 Å². The molecule has 0 bridgehead atoms. The summed E-state index contributed by atoms with van der Waals surface area (Å²) in [7, 11) is 0. The van der Waals surface area contributed by atoms with Gasteiger partial charge >= 0.3 is 5.97 Å². The minimum atomic E-state index is -0.570. The van der Waals surface area contributed by atoms with Crippen LogP contribution in [0.3, 0.4) is 0 Å². The number of aromatic nitrogens is 2. The predicted molar refractivity (Wildman–Crippen MR) is 148 cm³/mol. The van der Waals surface area contributed by atoms with E-state index in [0.717, 1.165) is 16.7 Å². The van der Waals surface area contributed by atoms with Gasteiger partial charge in [-0.25, -0.2) is 9.78 Å². The molecule has 0 radical (unpaired) electrons. The van der Waals surface area contributed by atoms with E-state index in [1.165, 1.54) is 5.56 Å². The molecule has 5 nitrogen and oxygen atoms in total. The highest BCUT2D eigenvalue weighted by molar-refractivity contribution is 6.37. The van der Waals surface area contributed by atoms with Crippen molar-refractivity contribution in [2.75, 3.05) is 0 Å². The first-order valence-electron chi connectivity index (χ1n) is 11.5. The molecule has 0 unspecified atom stereocenters. The Bertz CT molecular complexity index is 1530. The Morgan fingerprint density at radius 2 is 1.43 bits per heavy atom. The SMILES string of the molecule is O=C(O/N=C(\Cn1ccnc1)c1ccc(Cl)cc1Cl)c1ccc(-c2ccc(-c3ccccc3)cc2)cc1. The van der Waals surface area contributed by atoms with E-state index in [9.17, 15) is 4.79 Å². The average Bonchev–Trinajstić information content (AvgIpc) is 3.45. The van der Waals surface area contributed by atoms with Crippen molar-refractivity contribution in [1.82, 2.24) is 9.55 Å². The summed E-state index contributed by atoms with van der Waals surface area (Å²) >= 11 is 12.4. The highest BCUT2D eigenvalue weighted by atomic mass is 35.5. The Morgan fingerprint density at radius 1 is 0.811 bits per heavy atom. The van der Waals surface area contributed by atoms with Crippen molar-refractivity contribution in [3.63, 3.8) is 0 Å². The van der Waals surface area contributed by atoms with Crippen molar-refractivity contribution < 1.29 is 9.63 Å². The summed E-state index contributed by atoms with van der Waals surface area (Å²) in [6, 6.07) is 30.8. The van der Waals surface area contributed by atoms with Gasteiger partial charge in [0.05, 0.1) is 23.5 Å². The molecule has 1 heterocycles. The van der Waals surface area contributed by atoms with Gasteiger partial charge in [0, 0.05) is 23.0 Å². The first kappa shape index (κ1) is 24.5. The van der Waals surface area contributed by atoms with Crippen molar-refractivity contribution in [2.45, 2.75) is 6.54 Å². The van der Waals surface area contributed by atoms with Crippen LogP contribution in [0, 0.1) is 0 Å². The third-order valence-corrected chi connectivity index (χ3v) is 6.37. The van der Waals surface area contributed by atoms with E-state index in [-0.39, 0.29) is 0 Å². The second-order valence-corrected chi connectivity index (χ2v) is 9.14. The molecule has 0 saturated heterocycles. The molecule has 0 aliphatic heterocycles. The van der Waals surface area contributed by atoms with Crippen molar-refractivity contribution in [1.29, 1.82) is 0 Å². The molecule has 37 heavy (non-hydrogen) atoms. The predicted octanol–water partition coefficient (Wildman–Crippen LogP) is 7.79. The number of hydrogen-bond donors (Lipinski definition) is 0. The Morgan fingerprint density at radius 3 is 2.03 bits per heavy atom. The fourth-order valence-electron chi connectivity index (χ4n) is 3.87. The zero-order chi connectivity index (χ0) is 25.6. The minimum Gasteiger partial charge on any atom is -0.331 e. The summed E-state index contributed by atoms with van der Waals surface area (Å²) in [6.07, 6.45) is 5.09. The second-order valence-electron chi connectivity index (χ2n) is 8.30. The first-order valence-corrected chi connectivity index (χ1v) is 12.3. The summed E-state index contributed by atoms with van der Waals surface area (Å²) < 4.78 is 1.80.